The van der Waals surface area contributed by atoms with E-state index in [-0.39, 0.29) is 0 Å². The minimum absolute atomic E-state index is 0.841. The number of hydrogen-bond donors (Lipinski definition) is 0. The molecule has 2 aromatic rings. The van der Waals surface area contributed by atoms with Gasteiger partial charge in [0.05, 0.1) is 21.5 Å². The topological polar surface area (TPSA) is 18.5 Å². The molecule has 2 rings (SSSR count). The molecule has 0 aliphatic heterocycles. The van der Waals surface area contributed by atoms with Gasteiger partial charge in [0, 0.05) is 0 Å². The maximum Gasteiger partial charge on any atom is 0.118 e. The Morgan fingerprint density at radius 1 is 0.722 bits per heavy atom. The molecule has 0 bridgehead atoms. The van der Waals surface area contributed by atoms with Crippen LogP contribution in [0.5, 0.6) is 11.5 Å². The molecule has 4 heteroatoms. The van der Waals surface area contributed by atoms with E-state index < -0.39 is 7.27 Å². The molecule has 0 amide bonds. The van der Waals surface area contributed by atoms with Gasteiger partial charge in [-0.2, -0.15) is 0 Å². The quantitative estimate of drug-likeness (QED) is 0.800. The first-order valence-electron chi connectivity index (χ1n) is 5.48. The van der Waals surface area contributed by atoms with Crippen molar-refractivity contribution in [2.45, 2.75) is 0 Å². The second kappa shape index (κ2) is 6.08. The molecule has 94 valence electrons. The van der Waals surface area contributed by atoms with Crippen molar-refractivity contribution in [3.8, 4) is 11.5 Å². The van der Waals surface area contributed by atoms with E-state index in [0.29, 0.717) is 0 Å². The van der Waals surface area contributed by atoms with Crippen molar-refractivity contribution >= 4 is 29.1 Å². The third-order valence-electron chi connectivity index (χ3n) is 2.60. The fourth-order valence-electron chi connectivity index (χ4n) is 1.58. The summed E-state index contributed by atoms with van der Waals surface area (Å²) in [5.41, 5.74) is 0. The molecular formula is C14H14ClO2P. The van der Waals surface area contributed by atoms with Gasteiger partial charge in [-0.1, -0.05) is 11.2 Å². The predicted octanol–water partition coefficient (Wildman–Crippen LogP) is 3.29. The lowest BCUT2D eigenvalue weighted by atomic mass is 10.3. The number of ether oxygens (including phenoxy) is 2. The van der Waals surface area contributed by atoms with Crippen molar-refractivity contribution in [3.05, 3.63) is 48.5 Å². The number of hydrogen-bond acceptors (Lipinski definition) is 2. The number of rotatable bonds is 4. The summed E-state index contributed by atoms with van der Waals surface area (Å²) in [7, 11) is 2.47. The van der Waals surface area contributed by atoms with Gasteiger partial charge in [-0.15, -0.1) is 0 Å². The van der Waals surface area contributed by atoms with E-state index in [1.165, 1.54) is 0 Å². The van der Waals surface area contributed by atoms with Crippen LogP contribution in [0.3, 0.4) is 0 Å². The van der Waals surface area contributed by atoms with Crippen LogP contribution in [-0.4, -0.2) is 14.2 Å². The smallest absolute Gasteiger partial charge is 0.118 e. The van der Waals surface area contributed by atoms with Crippen molar-refractivity contribution < 1.29 is 9.47 Å². The van der Waals surface area contributed by atoms with Gasteiger partial charge >= 0.3 is 0 Å². The molecule has 0 spiro atoms. The molecule has 2 aromatic carbocycles. The lowest BCUT2D eigenvalue weighted by molar-refractivity contribution is 0.415. The molecule has 0 aliphatic carbocycles. The third-order valence-corrected chi connectivity index (χ3v) is 5.27. The van der Waals surface area contributed by atoms with E-state index in [1.54, 1.807) is 14.2 Å². The van der Waals surface area contributed by atoms with Crippen molar-refractivity contribution in [2.24, 2.45) is 0 Å². The van der Waals surface area contributed by atoms with Crippen molar-refractivity contribution in [3.63, 3.8) is 0 Å². The van der Waals surface area contributed by atoms with E-state index in [0.717, 1.165) is 22.1 Å². The monoisotopic (exact) mass is 280 g/mol. The van der Waals surface area contributed by atoms with Crippen LogP contribution in [0.25, 0.3) is 0 Å². The zero-order valence-electron chi connectivity index (χ0n) is 10.3. The summed E-state index contributed by atoms with van der Waals surface area (Å²) < 4.78 is 10.3. The Balaban J connectivity index is 2.20. The molecule has 0 saturated heterocycles. The lowest BCUT2D eigenvalue weighted by Gasteiger charge is -2.11. The van der Waals surface area contributed by atoms with Gasteiger partial charge in [-0.3, -0.25) is 0 Å². The van der Waals surface area contributed by atoms with Gasteiger partial charge in [0.25, 0.3) is 0 Å². The Labute approximate surface area is 113 Å². The van der Waals surface area contributed by atoms with Crippen LogP contribution in [0, 0.1) is 0 Å². The summed E-state index contributed by atoms with van der Waals surface area (Å²) in [5, 5.41) is 2.22. The Morgan fingerprint density at radius 3 is 1.33 bits per heavy atom. The minimum Gasteiger partial charge on any atom is -0.497 e. The van der Waals surface area contributed by atoms with E-state index in [1.807, 2.05) is 48.5 Å². The summed E-state index contributed by atoms with van der Waals surface area (Å²) in [6.07, 6.45) is 0. The zero-order valence-corrected chi connectivity index (χ0v) is 11.9. The maximum atomic E-state index is 6.51. The molecule has 0 heterocycles. The minimum atomic E-state index is -0.844. The van der Waals surface area contributed by atoms with Gasteiger partial charge in [-0.25, -0.2) is 0 Å². The second-order valence-electron chi connectivity index (χ2n) is 3.68. The average molecular weight is 281 g/mol. The molecule has 0 aromatic heterocycles. The Bertz CT molecular complexity index is 449. The molecule has 0 N–H and O–H groups in total. The van der Waals surface area contributed by atoms with Crippen LogP contribution < -0.4 is 20.1 Å². The van der Waals surface area contributed by atoms with Crippen LogP contribution in [0.1, 0.15) is 0 Å². The first-order valence-corrected chi connectivity index (χ1v) is 7.73. The third kappa shape index (κ3) is 2.95. The van der Waals surface area contributed by atoms with Gasteiger partial charge < -0.3 is 9.47 Å². The Kier molecular flexibility index (Phi) is 4.46. The molecule has 18 heavy (non-hydrogen) atoms. The summed E-state index contributed by atoms with van der Waals surface area (Å²) >= 11 is 6.51. The number of halogens is 1. The first kappa shape index (κ1) is 13.2. The molecule has 0 unspecified atom stereocenters. The normalized spacial score (nSPS) is 10.4. The molecule has 2 nitrogen and oxygen atoms in total. The average Bonchev–Trinajstić information content (AvgIpc) is 2.47. The first-order chi connectivity index (χ1) is 8.74. The second-order valence-corrected chi connectivity index (χ2v) is 6.29. The molecule has 0 saturated carbocycles. The van der Waals surface area contributed by atoms with Gasteiger partial charge in [0.1, 0.15) is 11.5 Å². The van der Waals surface area contributed by atoms with Crippen molar-refractivity contribution in [1.29, 1.82) is 0 Å². The highest BCUT2D eigenvalue weighted by Gasteiger charge is 2.10. The summed E-state index contributed by atoms with van der Waals surface area (Å²) in [5.74, 6) is 1.68. The summed E-state index contributed by atoms with van der Waals surface area (Å²) in [4.78, 5) is 0. The molecule has 0 radical (unpaired) electrons. The fraction of sp³-hybridized carbons (Fsp3) is 0.143. The molecular weight excluding hydrogens is 267 g/mol. The van der Waals surface area contributed by atoms with Crippen molar-refractivity contribution in [1.82, 2.24) is 0 Å². The number of benzene rings is 2. The highest BCUT2D eigenvalue weighted by molar-refractivity contribution is 7.95. The predicted molar refractivity (Wildman–Crippen MR) is 78.0 cm³/mol. The van der Waals surface area contributed by atoms with Crippen LogP contribution in [-0.2, 0) is 0 Å². The van der Waals surface area contributed by atoms with Crippen LogP contribution in [0.2, 0.25) is 0 Å². The van der Waals surface area contributed by atoms with Crippen molar-refractivity contribution in [2.75, 3.05) is 14.2 Å². The van der Waals surface area contributed by atoms with E-state index in [2.05, 4.69) is 0 Å². The lowest BCUT2D eigenvalue weighted by Crippen LogP contribution is -2.07. The largest absolute Gasteiger partial charge is 0.497 e. The van der Waals surface area contributed by atoms with Gasteiger partial charge in [0.15, 0.2) is 0 Å². The molecule has 0 fully saturated rings. The van der Waals surface area contributed by atoms with E-state index in [4.69, 9.17) is 20.7 Å². The summed E-state index contributed by atoms with van der Waals surface area (Å²) in [6.45, 7) is 0. The molecule has 0 aliphatic rings. The van der Waals surface area contributed by atoms with E-state index >= 15 is 0 Å². The van der Waals surface area contributed by atoms with Crippen LogP contribution >= 0.6 is 18.5 Å². The summed E-state index contributed by atoms with van der Waals surface area (Å²) in [6, 6.07) is 15.7. The van der Waals surface area contributed by atoms with Crippen LogP contribution in [0.15, 0.2) is 48.5 Å². The van der Waals surface area contributed by atoms with Crippen LogP contribution in [0.4, 0.5) is 0 Å². The Hall–Kier alpha value is -1.24. The van der Waals surface area contributed by atoms with Gasteiger partial charge in [-0.05, 0) is 59.1 Å². The highest BCUT2D eigenvalue weighted by Crippen LogP contribution is 2.39. The SMILES string of the molecule is COc1ccc(P(Cl)c2ccc(OC)cc2)cc1. The standard InChI is InChI=1S/C14H14ClO2P/c1-16-11-3-7-13(8-4-11)18(15)14-9-5-12(17-2)6-10-14/h3-10H,1-2H3. The zero-order chi connectivity index (χ0) is 13.0. The fourth-order valence-corrected chi connectivity index (χ4v) is 3.37. The number of methoxy groups -OCH3 is 2. The maximum absolute atomic E-state index is 6.51. The van der Waals surface area contributed by atoms with E-state index in [9.17, 15) is 0 Å². The van der Waals surface area contributed by atoms with Gasteiger partial charge in [0.2, 0.25) is 0 Å². The Morgan fingerprint density at radius 2 is 1.06 bits per heavy atom. The highest BCUT2D eigenvalue weighted by atomic mass is 35.7. The molecule has 0 atom stereocenters.